The van der Waals surface area contributed by atoms with Gasteiger partial charge in [0, 0.05) is 10.6 Å². The molecule has 0 saturated carbocycles. The lowest BCUT2D eigenvalue weighted by Crippen LogP contribution is -2.24. The zero-order valence-corrected chi connectivity index (χ0v) is 18.3. The van der Waals surface area contributed by atoms with Gasteiger partial charge in [-0.25, -0.2) is 5.43 Å². The number of nitrogens with zero attached hydrogens (tertiary/aromatic N) is 1. The van der Waals surface area contributed by atoms with E-state index in [0.717, 1.165) is 11.1 Å². The van der Waals surface area contributed by atoms with Crippen LogP contribution in [0, 0.1) is 0 Å². The van der Waals surface area contributed by atoms with Crippen molar-refractivity contribution in [1.29, 1.82) is 0 Å². The first-order chi connectivity index (χ1) is 15.6. The van der Waals surface area contributed by atoms with E-state index in [9.17, 15) is 4.79 Å². The molecule has 0 saturated heterocycles. The Hall–Kier alpha value is -3.54. The van der Waals surface area contributed by atoms with Gasteiger partial charge in [0.15, 0.2) is 6.61 Å². The van der Waals surface area contributed by atoms with Crippen LogP contribution >= 0.6 is 23.2 Å². The molecule has 4 rings (SSSR count). The van der Waals surface area contributed by atoms with E-state index < -0.39 is 0 Å². The molecule has 1 N–H and O–H groups in total. The first kappa shape index (κ1) is 21.7. The molecule has 5 nitrogen and oxygen atoms in total. The van der Waals surface area contributed by atoms with Gasteiger partial charge in [-0.05, 0) is 53.6 Å². The SMILES string of the molecule is O=C(COc1ccc(-c2ccccc2)cc1)N/N=C\c1ccc(-c2ccc(Cl)cc2Cl)o1. The fraction of sp³-hybridized carbons (Fsp3) is 0.0400. The van der Waals surface area contributed by atoms with Crippen LogP contribution in [0.15, 0.2) is 94.4 Å². The smallest absolute Gasteiger partial charge is 0.277 e. The molecule has 0 aliphatic heterocycles. The highest BCUT2D eigenvalue weighted by molar-refractivity contribution is 6.36. The number of carbonyl (C=O) groups excluding carboxylic acids is 1. The van der Waals surface area contributed by atoms with Crippen LogP contribution in [0.1, 0.15) is 5.76 Å². The van der Waals surface area contributed by atoms with Crippen molar-refractivity contribution in [2.24, 2.45) is 5.10 Å². The number of carbonyl (C=O) groups is 1. The fourth-order valence-corrected chi connectivity index (χ4v) is 3.48. The van der Waals surface area contributed by atoms with Gasteiger partial charge in [0.25, 0.3) is 5.91 Å². The molecule has 0 aliphatic rings. The average Bonchev–Trinajstić information content (AvgIpc) is 3.27. The number of nitrogens with one attached hydrogen (secondary N) is 1. The summed E-state index contributed by atoms with van der Waals surface area (Å²) in [6.45, 7) is -0.161. The van der Waals surface area contributed by atoms with Gasteiger partial charge >= 0.3 is 0 Å². The summed E-state index contributed by atoms with van der Waals surface area (Å²) in [6.07, 6.45) is 1.40. The number of hydrogen-bond donors (Lipinski definition) is 1. The van der Waals surface area contributed by atoms with Crippen LogP contribution in [0.3, 0.4) is 0 Å². The Bertz CT molecular complexity index is 1240. The molecule has 7 heteroatoms. The maximum atomic E-state index is 12.0. The van der Waals surface area contributed by atoms with Crippen LogP contribution in [0.2, 0.25) is 10.0 Å². The highest BCUT2D eigenvalue weighted by Gasteiger charge is 2.09. The van der Waals surface area contributed by atoms with Crippen molar-refractivity contribution >= 4 is 35.3 Å². The number of furan rings is 1. The standard InChI is InChI=1S/C25H18Cl2N2O3/c26-19-8-12-22(23(27)14-19)24-13-11-21(32-24)15-28-29-25(30)16-31-20-9-6-18(7-10-20)17-4-2-1-3-5-17/h1-15H,16H2,(H,29,30)/b28-15-. The minimum atomic E-state index is -0.388. The fourth-order valence-electron chi connectivity index (χ4n) is 2.98. The summed E-state index contributed by atoms with van der Waals surface area (Å²) in [4.78, 5) is 12.0. The van der Waals surface area contributed by atoms with E-state index in [1.165, 1.54) is 6.21 Å². The van der Waals surface area contributed by atoms with E-state index in [2.05, 4.69) is 10.5 Å². The van der Waals surface area contributed by atoms with Gasteiger partial charge in [-0.2, -0.15) is 5.10 Å². The third-order valence-electron chi connectivity index (χ3n) is 4.54. The quantitative estimate of drug-likeness (QED) is 0.252. The van der Waals surface area contributed by atoms with Crippen LogP contribution < -0.4 is 10.2 Å². The number of rotatable bonds is 7. The van der Waals surface area contributed by atoms with Crippen LogP contribution in [-0.2, 0) is 4.79 Å². The molecule has 0 spiro atoms. The Morgan fingerprint density at radius 2 is 1.69 bits per heavy atom. The highest BCUT2D eigenvalue weighted by Crippen LogP contribution is 2.31. The molecule has 32 heavy (non-hydrogen) atoms. The highest BCUT2D eigenvalue weighted by atomic mass is 35.5. The van der Waals surface area contributed by atoms with E-state index in [4.69, 9.17) is 32.4 Å². The molecule has 0 atom stereocenters. The van der Waals surface area contributed by atoms with Gasteiger partial charge in [-0.3, -0.25) is 4.79 Å². The van der Waals surface area contributed by atoms with Gasteiger partial charge in [0.1, 0.15) is 17.3 Å². The summed E-state index contributed by atoms with van der Waals surface area (Å²) in [5.74, 6) is 1.24. The number of hydrogen-bond acceptors (Lipinski definition) is 4. The van der Waals surface area contributed by atoms with E-state index in [0.29, 0.717) is 32.9 Å². The number of hydrazone groups is 1. The van der Waals surface area contributed by atoms with Crippen LogP contribution in [0.4, 0.5) is 0 Å². The average molecular weight is 465 g/mol. The van der Waals surface area contributed by atoms with Crippen LogP contribution in [0.25, 0.3) is 22.5 Å². The maximum absolute atomic E-state index is 12.0. The van der Waals surface area contributed by atoms with Crippen LogP contribution in [-0.4, -0.2) is 18.7 Å². The maximum Gasteiger partial charge on any atom is 0.277 e. The van der Waals surface area contributed by atoms with Crippen LogP contribution in [0.5, 0.6) is 5.75 Å². The Balaban J connectivity index is 1.27. The minimum absolute atomic E-state index is 0.161. The second kappa shape index (κ2) is 10.2. The summed E-state index contributed by atoms with van der Waals surface area (Å²) < 4.78 is 11.2. The van der Waals surface area contributed by atoms with E-state index in [-0.39, 0.29) is 12.5 Å². The summed E-state index contributed by atoms with van der Waals surface area (Å²) >= 11 is 12.1. The third-order valence-corrected chi connectivity index (χ3v) is 5.08. The van der Waals surface area contributed by atoms with Gasteiger partial charge in [-0.15, -0.1) is 0 Å². The van der Waals surface area contributed by atoms with Gasteiger partial charge in [0.05, 0.1) is 11.2 Å². The number of ether oxygens (including phenoxy) is 1. The number of amides is 1. The van der Waals surface area contributed by atoms with E-state index in [1.54, 1.807) is 30.3 Å². The molecule has 0 aliphatic carbocycles. The number of benzene rings is 3. The molecule has 4 aromatic rings. The second-order valence-electron chi connectivity index (χ2n) is 6.80. The molecule has 0 unspecified atom stereocenters. The first-order valence-corrected chi connectivity index (χ1v) is 10.5. The third kappa shape index (κ3) is 5.58. The molecule has 160 valence electrons. The largest absolute Gasteiger partial charge is 0.484 e. The Kier molecular flexibility index (Phi) is 6.90. The Morgan fingerprint density at radius 3 is 2.44 bits per heavy atom. The normalized spacial score (nSPS) is 10.9. The molecular formula is C25H18Cl2N2O3. The summed E-state index contributed by atoms with van der Waals surface area (Å²) in [5.41, 5.74) is 5.31. The minimum Gasteiger partial charge on any atom is -0.484 e. The lowest BCUT2D eigenvalue weighted by Gasteiger charge is -2.06. The summed E-state index contributed by atoms with van der Waals surface area (Å²) in [5, 5.41) is 4.93. The van der Waals surface area contributed by atoms with E-state index in [1.807, 2.05) is 54.6 Å². The Labute approximate surface area is 195 Å². The van der Waals surface area contributed by atoms with Crippen molar-refractivity contribution in [2.75, 3.05) is 6.61 Å². The van der Waals surface area contributed by atoms with Crippen molar-refractivity contribution in [1.82, 2.24) is 5.43 Å². The molecule has 0 radical (unpaired) electrons. The molecule has 1 aromatic heterocycles. The van der Waals surface area contributed by atoms with Crippen molar-refractivity contribution in [3.8, 4) is 28.2 Å². The summed E-state index contributed by atoms with van der Waals surface area (Å²) in [7, 11) is 0. The topological polar surface area (TPSA) is 63.8 Å². The molecule has 1 heterocycles. The predicted octanol–water partition coefficient (Wildman–Crippen LogP) is 6.45. The molecule has 0 fully saturated rings. The lowest BCUT2D eigenvalue weighted by molar-refractivity contribution is -0.123. The van der Waals surface area contributed by atoms with Crippen molar-refractivity contribution in [3.05, 3.63) is 101 Å². The molecular weight excluding hydrogens is 447 g/mol. The lowest BCUT2D eigenvalue weighted by atomic mass is 10.1. The number of halogens is 2. The molecule has 1 amide bonds. The van der Waals surface area contributed by atoms with Gasteiger partial charge < -0.3 is 9.15 Å². The van der Waals surface area contributed by atoms with Gasteiger partial charge in [-0.1, -0.05) is 65.7 Å². The first-order valence-electron chi connectivity index (χ1n) is 9.74. The zero-order chi connectivity index (χ0) is 22.3. The second-order valence-corrected chi connectivity index (χ2v) is 7.64. The van der Waals surface area contributed by atoms with E-state index >= 15 is 0 Å². The van der Waals surface area contributed by atoms with Crippen molar-refractivity contribution in [2.45, 2.75) is 0 Å². The predicted molar refractivity (Wildman–Crippen MR) is 127 cm³/mol. The molecule has 3 aromatic carbocycles. The summed E-state index contributed by atoms with van der Waals surface area (Å²) in [6, 6.07) is 26.2. The zero-order valence-electron chi connectivity index (χ0n) is 16.8. The Morgan fingerprint density at radius 1 is 0.938 bits per heavy atom. The van der Waals surface area contributed by atoms with Gasteiger partial charge in [0.2, 0.25) is 0 Å². The monoisotopic (exact) mass is 464 g/mol. The van der Waals surface area contributed by atoms with Crippen molar-refractivity contribution < 1.29 is 13.9 Å². The molecule has 0 bridgehead atoms. The van der Waals surface area contributed by atoms with Crippen molar-refractivity contribution in [3.63, 3.8) is 0 Å².